The topological polar surface area (TPSA) is 35.9 Å². The van der Waals surface area contributed by atoms with Gasteiger partial charge in [0.25, 0.3) is 0 Å². The fourth-order valence-electron chi connectivity index (χ4n) is 0.472. The van der Waals surface area contributed by atoms with E-state index in [1.807, 2.05) is 0 Å². The molecule has 0 fully saturated rings. The van der Waals surface area contributed by atoms with Crippen molar-refractivity contribution < 1.29 is 0 Å². The molecule has 0 aliphatic heterocycles. The predicted octanol–water partition coefficient (Wildman–Crippen LogP) is 0.723. The molecule has 0 aromatic carbocycles. The van der Waals surface area contributed by atoms with Gasteiger partial charge in [-0.25, -0.2) is 0 Å². The van der Waals surface area contributed by atoms with E-state index in [0.29, 0.717) is 11.9 Å². The zero-order valence-corrected chi connectivity index (χ0v) is 5.78. The van der Waals surface area contributed by atoms with Crippen LogP contribution in [0.1, 0.15) is 27.2 Å². The molecule has 0 amide bonds. The molecule has 0 saturated carbocycles. The molecule has 0 radical (unpaired) electrons. The van der Waals surface area contributed by atoms with Gasteiger partial charge in [-0.1, -0.05) is 6.92 Å². The first kappa shape index (κ1) is 11.8. The first-order chi connectivity index (χ1) is 3.66. The van der Waals surface area contributed by atoms with Gasteiger partial charge in [-0.2, -0.15) is 0 Å². The summed E-state index contributed by atoms with van der Waals surface area (Å²) in [5.74, 6) is 0.555. The molecular formula is C6H15LiN2. The molecule has 0 aliphatic rings. The molecule has 1 atom stereocenters. The van der Waals surface area contributed by atoms with Gasteiger partial charge in [0.2, 0.25) is 0 Å². The molecule has 3 heteroatoms. The van der Waals surface area contributed by atoms with Gasteiger partial charge >= 0.3 is 18.9 Å². The molecule has 0 aliphatic carbocycles. The van der Waals surface area contributed by atoms with Gasteiger partial charge in [0, 0.05) is 6.04 Å². The van der Waals surface area contributed by atoms with Crippen LogP contribution in [0.3, 0.4) is 0 Å². The van der Waals surface area contributed by atoms with E-state index in [9.17, 15) is 0 Å². The molecule has 0 aromatic heterocycles. The monoisotopic (exact) mass is 122 g/mol. The Labute approximate surface area is 69.1 Å². The minimum absolute atomic E-state index is 0. The van der Waals surface area contributed by atoms with Gasteiger partial charge in [-0.15, -0.1) is 0 Å². The molecule has 0 rings (SSSR count). The number of hydrogen-bond acceptors (Lipinski definition) is 1. The Morgan fingerprint density at radius 3 is 2.22 bits per heavy atom. The molecule has 50 valence electrons. The maximum atomic E-state index is 7.02. The molecule has 0 saturated heterocycles. The first-order valence-corrected chi connectivity index (χ1v) is 2.98. The number of rotatable bonds is 2. The molecule has 1 unspecified atom stereocenters. The second-order valence-corrected chi connectivity index (χ2v) is 2.08. The summed E-state index contributed by atoms with van der Waals surface area (Å²) in [5.41, 5.74) is 0. The second kappa shape index (κ2) is 6.19. The predicted molar refractivity (Wildman–Crippen MR) is 43.4 cm³/mol. The summed E-state index contributed by atoms with van der Waals surface area (Å²) < 4.78 is 0. The van der Waals surface area contributed by atoms with Crippen LogP contribution in [0.25, 0.3) is 0 Å². The van der Waals surface area contributed by atoms with Crippen molar-refractivity contribution in [1.29, 1.82) is 5.41 Å². The van der Waals surface area contributed by atoms with Crippen molar-refractivity contribution in [1.82, 2.24) is 5.32 Å². The number of hydrogen-bond donors (Lipinski definition) is 2. The van der Waals surface area contributed by atoms with E-state index < -0.39 is 0 Å². The third kappa shape index (κ3) is 8.07. The molecular weight excluding hydrogens is 107 g/mol. The van der Waals surface area contributed by atoms with E-state index in [0.717, 1.165) is 6.42 Å². The van der Waals surface area contributed by atoms with Crippen LogP contribution in [-0.2, 0) is 0 Å². The zero-order chi connectivity index (χ0) is 6.57. The van der Waals surface area contributed by atoms with Gasteiger partial charge in [0.05, 0.1) is 5.84 Å². The van der Waals surface area contributed by atoms with Crippen molar-refractivity contribution in [2.24, 2.45) is 0 Å². The van der Waals surface area contributed by atoms with Gasteiger partial charge in [0.15, 0.2) is 0 Å². The molecule has 2 N–H and O–H groups in total. The summed E-state index contributed by atoms with van der Waals surface area (Å²) in [4.78, 5) is 0. The molecule has 0 heterocycles. The molecule has 9 heavy (non-hydrogen) atoms. The number of amidine groups is 1. The summed E-state index contributed by atoms with van der Waals surface area (Å²) in [6.45, 7) is 5.92. The van der Waals surface area contributed by atoms with E-state index in [2.05, 4.69) is 19.2 Å². The van der Waals surface area contributed by atoms with E-state index in [-0.39, 0.29) is 18.9 Å². The van der Waals surface area contributed by atoms with Crippen LogP contribution < -0.4 is 5.32 Å². The van der Waals surface area contributed by atoms with Crippen molar-refractivity contribution in [3.05, 3.63) is 0 Å². The van der Waals surface area contributed by atoms with Gasteiger partial charge in [0.1, 0.15) is 0 Å². The summed E-state index contributed by atoms with van der Waals surface area (Å²) in [5, 5.41) is 9.99. The number of nitrogens with one attached hydrogen (secondary N) is 2. The molecule has 0 bridgehead atoms. The van der Waals surface area contributed by atoms with Gasteiger partial charge in [-0.3, -0.25) is 5.41 Å². The Bertz CT molecular complexity index is 83.1. The molecule has 0 spiro atoms. The molecule has 2 nitrogen and oxygen atoms in total. The minimum atomic E-state index is 0. The van der Waals surface area contributed by atoms with Gasteiger partial charge < -0.3 is 5.32 Å². The Morgan fingerprint density at radius 1 is 1.67 bits per heavy atom. The van der Waals surface area contributed by atoms with Crippen LogP contribution in [0, 0.1) is 5.41 Å². The van der Waals surface area contributed by atoms with Crippen molar-refractivity contribution in [3.8, 4) is 0 Å². The van der Waals surface area contributed by atoms with E-state index in [1.165, 1.54) is 0 Å². The fourth-order valence-corrected chi connectivity index (χ4v) is 0.472. The third-order valence-electron chi connectivity index (χ3n) is 1.08. The van der Waals surface area contributed by atoms with Crippen LogP contribution in [0.4, 0.5) is 0 Å². The normalized spacial score (nSPS) is 11.4. The molecule has 0 aromatic rings. The first-order valence-electron chi connectivity index (χ1n) is 2.98. The van der Waals surface area contributed by atoms with Crippen LogP contribution >= 0.6 is 0 Å². The Kier molecular flexibility index (Phi) is 8.13. The summed E-state index contributed by atoms with van der Waals surface area (Å²) in [7, 11) is 0. The average Bonchev–Trinajstić information content (AvgIpc) is 1.65. The van der Waals surface area contributed by atoms with Crippen LogP contribution in [-0.4, -0.2) is 30.7 Å². The quantitative estimate of drug-likeness (QED) is 0.316. The van der Waals surface area contributed by atoms with Crippen molar-refractivity contribution in [3.63, 3.8) is 0 Å². The van der Waals surface area contributed by atoms with Crippen molar-refractivity contribution >= 4 is 24.7 Å². The van der Waals surface area contributed by atoms with E-state index in [4.69, 9.17) is 5.41 Å². The SMILES string of the molecule is CCC(C)NC(C)=N.[LiH]. The Morgan fingerprint density at radius 2 is 2.11 bits per heavy atom. The summed E-state index contributed by atoms with van der Waals surface area (Å²) >= 11 is 0. The van der Waals surface area contributed by atoms with Crippen molar-refractivity contribution in [2.45, 2.75) is 33.2 Å². The maximum absolute atomic E-state index is 7.02. The second-order valence-electron chi connectivity index (χ2n) is 2.08. The summed E-state index contributed by atoms with van der Waals surface area (Å²) in [6.07, 6.45) is 1.08. The van der Waals surface area contributed by atoms with Gasteiger partial charge in [-0.05, 0) is 20.3 Å². The standard InChI is InChI=1S/C6H14N2.Li.H/c1-4-5(2)8-6(3)7;;/h5H,4H2,1-3H3,(H2,7,8);;. The fraction of sp³-hybridized carbons (Fsp3) is 0.833. The van der Waals surface area contributed by atoms with Crippen molar-refractivity contribution in [2.75, 3.05) is 0 Å². The zero-order valence-electron chi connectivity index (χ0n) is 5.78. The van der Waals surface area contributed by atoms with Crippen LogP contribution in [0.5, 0.6) is 0 Å². The van der Waals surface area contributed by atoms with E-state index >= 15 is 0 Å². The third-order valence-corrected chi connectivity index (χ3v) is 1.08. The average molecular weight is 122 g/mol. The Balaban J connectivity index is 0. The Hall–Kier alpha value is 0.0674. The van der Waals surface area contributed by atoms with E-state index in [1.54, 1.807) is 6.92 Å². The van der Waals surface area contributed by atoms with Crippen LogP contribution in [0.15, 0.2) is 0 Å². The summed E-state index contributed by atoms with van der Waals surface area (Å²) in [6, 6.07) is 0.451. The van der Waals surface area contributed by atoms with Crippen LogP contribution in [0.2, 0.25) is 0 Å².